The van der Waals surface area contributed by atoms with Crippen molar-refractivity contribution < 1.29 is 9.84 Å². The van der Waals surface area contributed by atoms with Crippen LogP contribution in [0.25, 0.3) is 0 Å². The number of ether oxygens (including phenoxy) is 1. The summed E-state index contributed by atoms with van der Waals surface area (Å²) in [7, 11) is 0. The molecule has 88 valence electrons. The molecule has 16 heavy (non-hydrogen) atoms. The Labute approximate surface area is 96.4 Å². The fourth-order valence-electron chi connectivity index (χ4n) is 2.07. The minimum absolute atomic E-state index is 0.106. The average Bonchev–Trinajstić information content (AvgIpc) is 2.30. The molecule has 0 saturated carbocycles. The van der Waals surface area contributed by atoms with Gasteiger partial charge in [0, 0.05) is 18.3 Å². The highest BCUT2D eigenvalue weighted by atomic mass is 16.5. The maximum absolute atomic E-state index is 8.95. The molecule has 0 spiro atoms. The number of hydrogen-bond acceptors (Lipinski definition) is 3. The molecule has 0 bridgehead atoms. The average molecular weight is 221 g/mol. The van der Waals surface area contributed by atoms with Crippen LogP contribution in [0.1, 0.15) is 25.3 Å². The normalized spacial score (nSPS) is 25.4. The Morgan fingerprint density at radius 2 is 2.12 bits per heavy atom. The highest BCUT2D eigenvalue weighted by molar-refractivity contribution is 5.45. The molecular weight excluding hydrogens is 202 g/mol. The van der Waals surface area contributed by atoms with E-state index in [1.807, 2.05) is 24.3 Å². The predicted molar refractivity (Wildman–Crippen MR) is 64.4 cm³/mol. The largest absolute Gasteiger partial charge is 0.392 e. The second kappa shape index (κ2) is 5.32. The lowest BCUT2D eigenvalue weighted by molar-refractivity contribution is 0.0232. The van der Waals surface area contributed by atoms with Gasteiger partial charge in [-0.05, 0) is 37.5 Å². The molecule has 1 aliphatic rings. The zero-order chi connectivity index (χ0) is 11.4. The van der Waals surface area contributed by atoms with Gasteiger partial charge in [-0.3, -0.25) is 0 Å². The fourth-order valence-corrected chi connectivity index (χ4v) is 2.07. The fraction of sp³-hybridized carbons (Fsp3) is 0.538. The number of rotatable bonds is 3. The molecule has 0 radical (unpaired) electrons. The Morgan fingerprint density at radius 3 is 2.75 bits per heavy atom. The van der Waals surface area contributed by atoms with Gasteiger partial charge in [0.1, 0.15) is 0 Å². The molecule has 3 heteroatoms. The smallest absolute Gasteiger partial charge is 0.0681 e. The Balaban J connectivity index is 1.92. The molecular formula is C13H19NO2. The highest BCUT2D eigenvalue weighted by Crippen LogP contribution is 2.18. The Kier molecular flexibility index (Phi) is 3.80. The molecule has 2 unspecified atom stereocenters. The lowest BCUT2D eigenvalue weighted by atomic mass is 10.0. The van der Waals surface area contributed by atoms with Crippen LogP contribution in [0.5, 0.6) is 0 Å². The summed E-state index contributed by atoms with van der Waals surface area (Å²) in [6.45, 7) is 3.06. The highest BCUT2D eigenvalue weighted by Gasteiger charge is 2.18. The van der Waals surface area contributed by atoms with Gasteiger partial charge in [-0.25, -0.2) is 0 Å². The molecule has 1 fully saturated rings. The van der Waals surface area contributed by atoms with Crippen LogP contribution in [-0.4, -0.2) is 23.9 Å². The number of aliphatic hydroxyl groups excluding tert-OH is 1. The van der Waals surface area contributed by atoms with Gasteiger partial charge in [0.05, 0.1) is 12.7 Å². The first-order valence-corrected chi connectivity index (χ1v) is 5.86. The third-order valence-corrected chi connectivity index (χ3v) is 2.99. The van der Waals surface area contributed by atoms with E-state index in [0.29, 0.717) is 12.1 Å². The van der Waals surface area contributed by atoms with Crippen LogP contribution in [0.2, 0.25) is 0 Å². The lowest BCUT2D eigenvalue weighted by Crippen LogP contribution is -2.32. The zero-order valence-corrected chi connectivity index (χ0v) is 9.65. The van der Waals surface area contributed by atoms with Crippen LogP contribution < -0.4 is 5.32 Å². The summed E-state index contributed by atoms with van der Waals surface area (Å²) in [5, 5.41) is 12.4. The van der Waals surface area contributed by atoms with E-state index in [1.54, 1.807) is 0 Å². The Hall–Kier alpha value is -1.06. The van der Waals surface area contributed by atoms with Crippen molar-refractivity contribution in [3.63, 3.8) is 0 Å². The summed E-state index contributed by atoms with van der Waals surface area (Å²) < 4.78 is 5.51. The topological polar surface area (TPSA) is 41.5 Å². The second-order valence-electron chi connectivity index (χ2n) is 4.40. The molecule has 1 heterocycles. The minimum atomic E-state index is 0.106. The second-order valence-corrected chi connectivity index (χ2v) is 4.40. The molecule has 3 nitrogen and oxygen atoms in total. The van der Waals surface area contributed by atoms with Gasteiger partial charge in [-0.2, -0.15) is 0 Å². The van der Waals surface area contributed by atoms with Crippen LogP contribution in [0, 0.1) is 0 Å². The van der Waals surface area contributed by atoms with Crippen LogP contribution in [0.3, 0.4) is 0 Å². The van der Waals surface area contributed by atoms with Gasteiger partial charge in [-0.15, -0.1) is 0 Å². The van der Waals surface area contributed by atoms with Crippen LogP contribution in [0.4, 0.5) is 5.69 Å². The first kappa shape index (κ1) is 11.4. The third-order valence-electron chi connectivity index (χ3n) is 2.99. The zero-order valence-electron chi connectivity index (χ0n) is 9.65. The number of anilines is 1. The van der Waals surface area contributed by atoms with E-state index in [4.69, 9.17) is 9.84 Å². The third kappa shape index (κ3) is 2.97. The molecule has 2 N–H and O–H groups in total. The number of nitrogens with one attached hydrogen (secondary N) is 1. The monoisotopic (exact) mass is 221 g/mol. The minimum Gasteiger partial charge on any atom is -0.392 e. The van der Waals surface area contributed by atoms with E-state index in [2.05, 4.69) is 12.2 Å². The van der Waals surface area contributed by atoms with E-state index >= 15 is 0 Å². The molecule has 1 aromatic rings. The van der Waals surface area contributed by atoms with Gasteiger partial charge in [0.2, 0.25) is 0 Å². The van der Waals surface area contributed by atoms with Gasteiger partial charge >= 0.3 is 0 Å². The number of aliphatic hydroxyl groups is 1. The van der Waals surface area contributed by atoms with Crippen molar-refractivity contribution in [3.05, 3.63) is 29.8 Å². The summed E-state index contributed by atoms with van der Waals surface area (Å²) in [5.74, 6) is 0. The maximum Gasteiger partial charge on any atom is 0.0681 e. The van der Waals surface area contributed by atoms with Gasteiger partial charge < -0.3 is 15.2 Å². The van der Waals surface area contributed by atoms with E-state index in [-0.39, 0.29) is 6.61 Å². The molecule has 1 saturated heterocycles. The molecule has 0 aliphatic carbocycles. The van der Waals surface area contributed by atoms with Crippen molar-refractivity contribution in [3.8, 4) is 0 Å². The standard InChI is InChI=1S/C13H19NO2/c1-10-8-13(6-7-16-10)14-12-4-2-11(9-15)3-5-12/h2-5,10,13-15H,6-9H2,1H3. The molecule has 0 aromatic heterocycles. The molecule has 2 atom stereocenters. The van der Waals surface area contributed by atoms with E-state index in [0.717, 1.165) is 30.7 Å². The van der Waals surface area contributed by atoms with E-state index in [9.17, 15) is 0 Å². The van der Waals surface area contributed by atoms with Crippen LogP contribution >= 0.6 is 0 Å². The summed E-state index contributed by atoms with van der Waals surface area (Å²) in [6, 6.07) is 8.44. The summed E-state index contributed by atoms with van der Waals surface area (Å²) in [4.78, 5) is 0. The molecule has 1 aromatic carbocycles. The quantitative estimate of drug-likeness (QED) is 0.821. The first-order chi connectivity index (χ1) is 7.78. The number of hydrogen-bond donors (Lipinski definition) is 2. The SMILES string of the molecule is CC1CC(Nc2ccc(CO)cc2)CCO1. The predicted octanol–water partition coefficient (Wildman–Crippen LogP) is 2.16. The maximum atomic E-state index is 8.95. The molecule has 2 rings (SSSR count). The Bertz CT molecular complexity index is 323. The van der Waals surface area contributed by atoms with E-state index in [1.165, 1.54) is 0 Å². The lowest BCUT2D eigenvalue weighted by Gasteiger charge is -2.28. The van der Waals surface area contributed by atoms with Crippen molar-refractivity contribution in [2.24, 2.45) is 0 Å². The van der Waals surface area contributed by atoms with Crippen LogP contribution in [0.15, 0.2) is 24.3 Å². The number of benzene rings is 1. The van der Waals surface area contributed by atoms with Crippen molar-refractivity contribution in [1.29, 1.82) is 0 Å². The summed E-state index contributed by atoms with van der Waals surface area (Å²) in [6.07, 6.45) is 2.47. The van der Waals surface area contributed by atoms with Gasteiger partial charge in [-0.1, -0.05) is 12.1 Å². The first-order valence-electron chi connectivity index (χ1n) is 5.86. The molecule has 0 amide bonds. The Morgan fingerprint density at radius 1 is 1.38 bits per heavy atom. The van der Waals surface area contributed by atoms with E-state index < -0.39 is 0 Å². The van der Waals surface area contributed by atoms with Crippen molar-refractivity contribution in [2.45, 2.75) is 38.5 Å². The summed E-state index contributed by atoms with van der Waals surface area (Å²) >= 11 is 0. The van der Waals surface area contributed by atoms with Crippen molar-refractivity contribution in [2.75, 3.05) is 11.9 Å². The molecule has 1 aliphatic heterocycles. The van der Waals surface area contributed by atoms with Crippen molar-refractivity contribution in [1.82, 2.24) is 0 Å². The summed E-state index contributed by atoms with van der Waals surface area (Å²) in [5.41, 5.74) is 2.07. The van der Waals surface area contributed by atoms with Gasteiger partial charge in [0.25, 0.3) is 0 Å². The van der Waals surface area contributed by atoms with Gasteiger partial charge in [0.15, 0.2) is 0 Å². The van der Waals surface area contributed by atoms with Crippen LogP contribution in [-0.2, 0) is 11.3 Å². The van der Waals surface area contributed by atoms with Crippen molar-refractivity contribution >= 4 is 5.69 Å².